The first kappa shape index (κ1) is 15.6. The highest BCUT2D eigenvalue weighted by atomic mass is 16.5. The molecule has 0 radical (unpaired) electrons. The molecular weight excluding hydrogens is 288 g/mol. The van der Waals surface area contributed by atoms with Gasteiger partial charge in [-0.15, -0.1) is 0 Å². The average Bonchev–Trinajstić information content (AvgIpc) is 2.88. The number of hydrogen-bond donors (Lipinski definition) is 1. The van der Waals surface area contributed by atoms with Gasteiger partial charge in [-0.1, -0.05) is 18.2 Å². The SMILES string of the molecule is COc1cccc(NC(=O)CN2Cc3cc(C)c(C)cc3C2)c1. The molecule has 2 aromatic rings. The normalized spacial score (nSPS) is 13.7. The first-order valence-electron chi connectivity index (χ1n) is 7.80. The van der Waals surface area contributed by atoms with E-state index in [1.807, 2.05) is 24.3 Å². The number of nitrogens with one attached hydrogen (secondary N) is 1. The molecule has 1 N–H and O–H groups in total. The van der Waals surface area contributed by atoms with Crippen LogP contribution >= 0.6 is 0 Å². The molecule has 0 aromatic heterocycles. The maximum absolute atomic E-state index is 12.3. The summed E-state index contributed by atoms with van der Waals surface area (Å²) < 4.78 is 5.17. The third kappa shape index (κ3) is 3.54. The third-order valence-corrected chi connectivity index (χ3v) is 4.32. The van der Waals surface area contributed by atoms with Crippen molar-refractivity contribution in [3.8, 4) is 5.75 Å². The highest BCUT2D eigenvalue weighted by Crippen LogP contribution is 2.25. The first-order valence-corrected chi connectivity index (χ1v) is 7.80. The Kier molecular flexibility index (Phi) is 4.35. The van der Waals surface area contributed by atoms with Gasteiger partial charge in [-0.25, -0.2) is 0 Å². The van der Waals surface area contributed by atoms with Crippen molar-refractivity contribution in [2.24, 2.45) is 0 Å². The fraction of sp³-hybridized carbons (Fsp3) is 0.316. The van der Waals surface area contributed by atoms with Crippen molar-refractivity contribution in [2.75, 3.05) is 19.0 Å². The zero-order valence-electron chi connectivity index (χ0n) is 13.8. The topological polar surface area (TPSA) is 41.6 Å². The summed E-state index contributed by atoms with van der Waals surface area (Å²) in [5.74, 6) is 0.738. The summed E-state index contributed by atoms with van der Waals surface area (Å²) in [6, 6.07) is 11.9. The second-order valence-electron chi connectivity index (χ2n) is 6.13. The fourth-order valence-electron chi connectivity index (χ4n) is 2.98. The summed E-state index contributed by atoms with van der Waals surface area (Å²) in [5, 5.41) is 2.93. The molecule has 0 saturated heterocycles. The Bertz CT molecular complexity index is 709. The number of rotatable bonds is 4. The van der Waals surface area contributed by atoms with Crippen molar-refractivity contribution in [2.45, 2.75) is 26.9 Å². The van der Waals surface area contributed by atoms with Gasteiger partial charge in [-0.3, -0.25) is 9.69 Å². The van der Waals surface area contributed by atoms with Crippen LogP contribution in [0.5, 0.6) is 5.75 Å². The Morgan fingerprint density at radius 3 is 2.39 bits per heavy atom. The minimum Gasteiger partial charge on any atom is -0.497 e. The molecule has 120 valence electrons. The highest BCUT2D eigenvalue weighted by Gasteiger charge is 2.21. The number of fused-ring (bicyclic) bond motifs is 1. The number of hydrogen-bond acceptors (Lipinski definition) is 3. The molecular formula is C19H22N2O2. The van der Waals surface area contributed by atoms with E-state index in [0.29, 0.717) is 6.54 Å². The zero-order valence-corrected chi connectivity index (χ0v) is 13.8. The van der Waals surface area contributed by atoms with Gasteiger partial charge in [0.25, 0.3) is 0 Å². The molecule has 0 aliphatic carbocycles. The number of carbonyl (C=O) groups excluding carboxylic acids is 1. The lowest BCUT2D eigenvalue weighted by Crippen LogP contribution is -2.29. The summed E-state index contributed by atoms with van der Waals surface area (Å²) in [5.41, 5.74) is 6.06. The molecule has 1 aliphatic rings. The van der Waals surface area contributed by atoms with Gasteiger partial charge in [0.05, 0.1) is 13.7 Å². The molecule has 2 aromatic carbocycles. The smallest absolute Gasteiger partial charge is 0.238 e. The maximum Gasteiger partial charge on any atom is 0.238 e. The number of ether oxygens (including phenoxy) is 1. The third-order valence-electron chi connectivity index (χ3n) is 4.32. The number of methoxy groups -OCH3 is 1. The van der Waals surface area contributed by atoms with Crippen molar-refractivity contribution in [3.05, 3.63) is 58.7 Å². The van der Waals surface area contributed by atoms with Gasteiger partial charge in [0, 0.05) is 24.8 Å². The van der Waals surface area contributed by atoms with E-state index in [9.17, 15) is 4.79 Å². The summed E-state index contributed by atoms with van der Waals surface area (Å²) in [4.78, 5) is 14.4. The lowest BCUT2D eigenvalue weighted by Gasteiger charge is -2.14. The van der Waals surface area contributed by atoms with Crippen LogP contribution in [0.25, 0.3) is 0 Å². The Morgan fingerprint density at radius 1 is 1.13 bits per heavy atom. The van der Waals surface area contributed by atoms with Gasteiger partial charge in [0.2, 0.25) is 5.91 Å². The van der Waals surface area contributed by atoms with Crippen LogP contribution in [0.3, 0.4) is 0 Å². The van der Waals surface area contributed by atoms with E-state index < -0.39 is 0 Å². The van der Waals surface area contributed by atoms with Gasteiger partial charge in [0.1, 0.15) is 5.75 Å². The molecule has 3 rings (SSSR count). The van der Waals surface area contributed by atoms with Crippen LogP contribution in [0.4, 0.5) is 5.69 Å². The molecule has 0 unspecified atom stereocenters. The van der Waals surface area contributed by atoms with Crippen molar-refractivity contribution in [3.63, 3.8) is 0 Å². The fourth-order valence-corrected chi connectivity index (χ4v) is 2.98. The highest BCUT2D eigenvalue weighted by molar-refractivity contribution is 5.92. The molecule has 0 spiro atoms. The number of anilines is 1. The number of nitrogens with zero attached hydrogens (tertiary/aromatic N) is 1. The molecule has 1 amide bonds. The lowest BCUT2D eigenvalue weighted by molar-refractivity contribution is -0.117. The molecule has 4 nitrogen and oxygen atoms in total. The second kappa shape index (κ2) is 6.42. The van der Waals surface area contributed by atoms with E-state index in [0.717, 1.165) is 24.5 Å². The van der Waals surface area contributed by atoms with Gasteiger partial charge in [-0.05, 0) is 48.2 Å². The second-order valence-corrected chi connectivity index (χ2v) is 6.13. The summed E-state index contributed by atoms with van der Waals surface area (Å²) in [6.45, 7) is 6.33. The molecule has 1 aliphatic heterocycles. The number of carbonyl (C=O) groups is 1. The summed E-state index contributed by atoms with van der Waals surface area (Å²) in [6.07, 6.45) is 0. The van der Waals surface area contributed by atoms with Crippen molar-refractivity contribution >= 4 is 11.6 Å². The Labute approximate surface area is 137 Å². The monoisotopic (exact) mass is 310 g/mol. The van der Waals surface area contributed by atoms with E-state index in [-0.39, 0.29) is 5.91 Å². The lowest BCUT2D eigenvalue weighted by atomic mass is 10.0. The summed E-state index contributed by atoms with van der Waals surface area (Å²) in [7, 11) is 1.62. The average molecular weight is 310 g/mol. The molecule has 0 bridgehead atoms. The molecule has 1 heterocycles. The van der Waals surface area contributed by atoms with E-state index in [1.54, 1.807) is 7.11 Å². The maximum atomic E-state index is 12.3. The number of aryl methyl sites for hydroxylation is 2. The van der Waals surface area contributed by atoms with Crippen LogP contribution < -0.4 is 10.1 Å². The van der Waals surface area contributed by atoms with Crippen LogP contribution in [-0.2, 0) is 17.9 Å². The van der Waals surface area contributed by atoms with Crippen molar-refractivity contribution in [1.82, 2.24) is 4.90 Å². The molecule has 0 fully saturated rings. The molecule has 23 heavy (non-hydrogen) atoms. The Balaban J connectivity index is 1.61. The minimum atomic E-state index is -0.000460. The first-order chi connectivity index (χ1) is 11.0. The Morgan fingerprint density at radius 2 is 1.78 bits per heavy atom. The molecule has 0 saturated carbocycles. The molecule has 4 heteroatoms. The standard InChI is InChI=1S/C19H22N2O2/c1-13-7-15-10-21(11-16(15)8-14(13)2)12-19(22)20-17-5-4-6-18(9-17)23-3/h4-9H,10-12H2,1-3H3,(H,20,22). The predicted molar refractivity (Wildman–Crippen MR) is 91.7 cm³/mol. The quantitative estimate of drug-likeness (QED) is 0.942. The van der Waals surface area contributed by atoms with Gasteiger partial charge < -0.3 is 10.1 Å². The van der Waals surface area contributed by atoms with E-state index in [2.05, 4.69) is 36.2 Å². The van der Waals surface area contributed by atoms with E-state index in [4.69, 9.17) is 4.74 Å². The van der Waals surface area contributed by atoms with Gasteiger partial charge in [0.15, 0.2) is 0 Å². The van der Waals surface area contributed by atoms with Crippen molar-refractivity contribution < 1.29 is 9.53 Å². The minimum absolute atomic E-state index is 0.000460. The van der Waals surface area contributed by atoms with Crippen LogP contribution in [0.15, 0.2) is 36.4 Å². The Hall–Kier alpha value is -2.33. The predicted octanol–water partition coefficient (Wildman–Crippen LogP) is 3.27. The van der Waals surface area contributed by atoms with Gasteiger partial charge in [-0.2, -0.15) is 0 Å². The van der Waals surface area contributed by atoms with Crippen molar-refractivity contribution in [1.29, 1.82) is 0 Å². The molecule has 0 atom stereocenters. The van der Waals surface area contributed by atoms with E-state index >= 15 is 0 Å². The van der Waals surface area contributed by atoms with Crippen LogP contribution in [0.2, 0.25) is 0 Å². The van der Waals surface area contributed by atoms with Crippen LogP contribution in [-0.4, -0.2) is 24.5 Å². The number of benzene rings is 2. The largest absolute Gasteiger partial charge is 0.497 e. The van der Waals surface area contributed by atoms with E-state index in [1.165, 1.54) is 22.3 Å². The zero-order chi connectivity index (χ0) is 16.4. The van der Waals surface area contributed by atoms with Gasteiger partial charge >= 0.3 is 0 Å². The van der Waals surface area contributed by atoms with Crippen LogP contribution in [0, 0.1) is 13.8 Å². The number of amides is 1. The van der Waals surface area contributed by atoms with Crippen LogP contribution in [0.1, 0.15) is 22.3 Å². The summed E-state index contributed by atoms with van der Waals surface area (Å²) >= 11 is 0.